The summed E-state index contributed by atoms with van der Waals surface area (Å²) in [6, 6.07) is 22.8. The zero-order chi connectivity index (χ0) is 25.6. The SMILES string of the molecule is COCCS(=O)(=O)Nc1cccc(C2(O)C3CCC2CN(Cc2ccc4c(c2)Cc2ccccc2-4)C3)c1. The molecule has 3 aromatic rings. The number of benzene rings is 3. The molecule has 3 aliphatic rings. The van der Waals surface area contributed by atoms with E-state index in [1.165, 1.54) is 34.9 Å². The summed E-state index contributed by atoms with van der Waals surface area (Å²) in [5.74, 6) is 0.128. The summed E-state index contributed by atoms with van der Waals surface area (Å²) >= 11 is 0. The number of hydrogen-bond acceptors (Lipinski definition) is 5. The number of anilines is 1. The molecule has 1 saturated carbocycles. The largest absolute Gasteiger partial charge is 0.384 e. The first-order valence-electron chi connectivity index (χ1n) is 13.1. The van der Waals surface area contributed by atoms with Gasteiger partial charge in [0.1, 0.15) is 0 Å². The van der Waals surface area contributed by atoms with Gasteiger partial charge in [-0.2, -0.15) is 0 Å². The molecule has 2 N–H and O–H groups in total. The van der Waals surface area contributed by atoms with Gasteiger partial charge >= 0.3 is 0 Å². The van der Waals surface area contributed by atoms with Crippen molar-refractivity contribution in [2.24, 2.45) is 11.8 Å². The number of piperidine rings is 1. The van der Waals surface area contributed by atoms with Crippen molar-refractivity contribution in [3.63, 3.8) is 0 Å². The van der Waals surface area contributed by atoms with Crippen LogP contribution in [0.1, 0.15) is 35.1 Å². The number of sulfonamides is 1. The number of ether oxygens (including phenoxy) is 1. The van der Waals surface area contributed by atoms with Crippen LogP contribution in [-0.4, -0.2) is 51.0 Å². The Bertz CT molecular complexity index is 1410. The van der Waals surface area contributed by atoms with E-state index in [4.69, 9.17) is 4.74 Å². The lowest BCUT2D eigenvalue weighted by Crippen LogP contribution is -2.51. The zero-order valence-electron chi connectivity index (χ0n) is 21.2. The minimum atomic E-state index is -3.51. The first-order valence-corrected chi connectivity index (χ1v) is 14.8. The van der Waals surface area contributed by atoms with Gasteiger partial charge in [-0.25, -0.2) is 8.42 Å². The second-order valence-electron chi connectivity index (χ2n) is 10.8. The Morgan fingerprint density at radius 1 is 0.973 bits per heavy atom. The number of nitrogens with one attached hydrogen (secondary N) is 1. The zero-order valence-corrected chi connectivity index (χ0v) is 22.0. The van der Waals surface area contributed by atoms with Gasteiger partial charge in [-0.05, 0) is 64.8 Å². The van der Waals surface area contributed by atoms with Crippen molar-refractivity contribution in [2.45, 2.75) is 31.4 Å². The summed E-state index contributed by atoms with van der Waals surface area (Å²) < 4.78 is 32.3. The van der Waals surface area contributed by atoms with Gasteiger partial charge in [0.2, 0.25) is 10.0 Å². The summed E-state index contributed by atoms with van der Waals surface area (Å²) in [5, 5.41) is 12.0. The average Bonchev–Trinajstić information content (AvgIpc) is 3.31. The van der Waals surface area contributed by atoms with Crippen molar-refractivity contribution in [3.05, 3.63) is 89.0 Å². The monoisotopic (exact) mass is 518 g/mol. The van der Waals surface area contributed by atoms with Crippen molar-refractivity contribution in [3.8, 4) is 11.1 Å². The third-order valence-corrected chi connectivity index (χ3v) is 9.74. The highest BCUT2D eigenvalue weighted by Crippen LogP contribution is 2.52. The van der Waals surface area contributed by atoms with Crippen LogP contribution in [0.2, 0.25) is 0 Å². The molecule has 0 amide bonds. The van der Waals surface area contributed by atoms with E-state index in [1.807, 2.05) is 18.2 Å². The van der Waals surface area contributed by atoms with E-state index in [9.17, 15) is 13.5 Å². The molecule has 37 heavy (non-hydrogen) atoms. The van der Waals surface area contributed by atoms with Crippen LogP contribution < -0.4 is 4.72 Å². The predicted molar refractivity (Wildman–Crippen MR) is 146 cm³/mol. The molecule has 1 saturated heterocycles. The summed E-state index contributed by atoms with van der Waals surface area (Å²) in [5.41, 5.74) is 7.19. The number of hydrogen-bond donors (Lipinski definition) is 2. The van der Waals surface area contributed by atoms with Crippen LogP contribution in [-0.2, 0) is 33.3 Å². The highest BCUT2D eigenvalue weighted by Gasteiger charge is 2.53. The Morgan fingerprint density at radius 2 is 1.73 bits per heavy atom. The fraction of sp³-hybridized carbons (Fsp3) is 0.400. The number of aliphatic hydroxyl groups is 1. The minimum absolute atomic E-state index is 0.104. The number of rotatable bonds is 8. The van der Waals surface area contributed by atoms with Gasteiger partial charge in [-0.1, -0.05) is 54.6 Å². The molecule has 7 heteroatoms. The third kappa shape index (κ3) is 4.59. The first kappa shape index (κ1) is 24.6. The lowest BCUT2D eigenvalue weighted by molar-refractivity contribution is -0.0914. The van der Waals surface area contributed by atoms with Gasteiger partial charge in [0.15, 0.2) is 0 Å². The molecule has 2 atom stereocenters. The quantitative estimate of drug-likeness (QED) is 0.362. The molecule has 2 unspecified atom stereocenters. The second kappa shape index (κ2) is 9.55. The lowest BCUT2D eigenvalue weighted by atomic mass is 9.75. The summed E-state index contributed by atoms with van der Waals surface area (Å²) in [6.45, 7) is 2.67. The van der Waals surface area contributed by atoms with E-state index in [2.05, 4.69) is 52.1 Å². The van der Waals surface area contributed by atoms with Crippen LogP contribution in [0.4, 0.5) is 5.69 Å². The minimum Gasteiger partial charge on any atom is -0.384 e. The smallest absolute Gasteiger partial charge is 0.234 e. The molecule has 6 rings (SSSR count). The van der Waals surface area contributed by atoms with Crippen LogP contribution >= 0.6 is 0 Å². The summed E-state index contributed by atoms with van der Waals surface area (Å²) in [4.78, 5) is 2.48. The van der Waals surface area contributed by atoms with E-state index in [1.54, 1.807) is 6.07 Å². The lowest BCUT2D eigenvalue weighted by Gasteiger charge is -2.45. The summed E-state index contributed by atoms with van der Waals surface area (Å²) in [6.07, 6.45) is 2.94. The molecule has 0 radical (unpaired) electrons. The molecule has 3 aromatic carbocycles. The van der Waals surface area contributed by atoms with Crippen molar-refractivity contribution in [1.29, 1.82) is 0 Å². The predicted octanol–water partition coefficient (Wildman–Crippen LogP) is 4.38. The number of fused-ring (bicyclic) bond motifs is 5. The number of likely N-dealkylation sites (tertiary alicyclic amines) is 1. The maximum atomic E-state index is 12.4. The molecule has 2 bridgehead atoms. The van der Waals surface area contributed by atoms with Crippen molar-refractivity contribution >= 4 is 15.7 Å². The second-order valence-corrected chi connectivity index (χ2v) is 12.7. The highest BCUT2D eigenvalue weighted by molar-refractivity contribution is 7.92. The number of methoxy groups -OCH3 is 1. The third-order valence-electron chi connectivity index (χ3n) is 8.48. The average molecular weight is 519 g/mol. The van der Waals surface area contributed by atoms with E-state index in [0.717, 1.165) is 44.5 Å². The van der Waals surface area contributed by atoms with Crippen LogP contribution in [0, 0.1) is 11.8 Å². The molecule has 2 aliphatic carbocycles. The topological polar surface area (TPSA) is 78.9 Å². The molecular weight excluding hydrogens is 484 g/mol. The molecule has 1 aliphatic heterocycles. The maximum absolute atomic E-state index is 12.4. The molecule has 6 nitrogen and oxygen atoms in total. The van der Waals surface area contributed by atoms with Crippen LogP contribution in [0.3, 0.4) is 0 Å². The van der Waals surface area contributed by atoms with Crippen molar-refractivity contribution < 1.29 is 18.3 Å². The Labute approximate surface area is 219 Å². The fourth-order valence-corrected chi connectivity index (χ4v) is 7.72. The van der Waals surface area contributed by atoms with Crippen LogP contribution in [0.15, 0.2) is 66.7 Å². The van der Waals surface area contributed by atoms with Gasteiger partial charge in [-0.3, -0.25) is 9.62 Å². The number of nitrogens with zero attached hydrogens (tertiary/aromatic N) is 1. The molecule has 1 heterocycles. The molecule has 0 aromatic heterocycles. The standard InChI is InChI=1S/C30H34N2O4S/c1-36-13-14-37(34,35)31-27-7-4-6-24(17-27)30(33)25-10-11-26(30)20-32(19-25)18-21-9-12-29-23(15-21)16-22-5-2-3-8-28(22)29/h2-9,12,15,17,25-26,31,33H,10-11,13-14,16,18-20H2,1H3. The van der Waals surface area contributed by atoms with Gasteiger partial charge in [-0.15, -0.1) is 0 Å². The van der Waals surface area contributed by atoms with E-state index in [-0.39, 0.29) is 24.2 Å². The molecule has 2 fully saturated rings. The van der Waals surface area contributed by atoms with Gasteiger partial charge < -0.3 is 9.84 Å². The highest BCUT2D eigenvalue weighted by atomic mass is 32.2. The van der Waals surface area contributed by atoms with Crippen molar-refractivity contribution in [2.75, 3.05) is 37.3 Å². The van der Waals surface area contributed by atoms with Gasteiger partial charge in [0, 0.05) is 44.3 Å². The maximum Gasteiger partial charge on any atom is 0.234 e. The van der Waals surface area contributed by atoms with E-state index < -0.39 is 15.6 Å². The Kier molecular flexibility index (Phi) is 6.35. The van der Waals surface area contributed by atoms with E-state index in [0.29, 0.717) is 5.69 Å². The molecule has 0 spiro atoms. The Morgan fingerprint density at radius 3 is 2.51 bits per heavy atom. The van der Waals surface area contributed by atoms with E-state index >= 15 is 0 Å². The Balaban J connectivity index is 1.17. The summed E-state index contributed by atoms with van der Waals surface area (Å²) in [7, 11) is -2.02. The van der Waals surface area contributed by atoms with Gasteiger partial charge in [0.25, 0.3) is 0 Å². The normalized spacial score (nSPS) is 24.6. The Hall–Kier alpha value is -2.71. The van der Waals surface area contributed by atoms with Gasteiger partial charge in [0.05, 0.1) is 18.0 Å². The molecular formula is C30H34N2O4S. The van der Waals surface area contributed by atoms with Crippen molar-refractivity contribution in [1.82, 2.24) is 4.90 Å². The first-order chi connectivity index (χ1) is 17.9. The van der Waals surface area contributed by atoms with Crippen LogP contribution in [0.5, 0.6) is 0 Å². The molecule has 194 valence electrons. The fourth-order valence-electron chi connectivity index (χ4n) is 6.75. The van der Waals surface area contributed by atoms with Crippen LogP contribution in [0.25, 0.3) is 11.1 Å².